The highest BCUT2D eigenvalue weighted by molar-refractivity contribution is 7.80. The van der Waals surface area contributed by atoms with Crippen LogP contribution in [0.2, 0.25) is 0 Å². The Bertz CT molecular complexity index is 908. The van der Waals surface area contributed by atoms with Gasteiger partial charge in [0, 0.05) is 5.69 Å². The summed E-state index contributed by atoms with van der Waals surface area (Å²) >= 11 is 5.24. The van der Waals surface area contributed by atoms with E-state index < -0.39 is 0 Å². The molecule has 27 heavy (non-hydrogen) atoms. The molecule has 3 rings (SSSR count). The lowest BCUT2D eigenvalue weighted by atomic mass is 10.2. The molecule has 0 aromatic heterocycles. The molecule has 0 atom stereocenters. The van der Waals surface area contributed by atoms with Gasteiger partial charge in [0.25, 0.3) is 0 Å². The maximum atomic E-state index is 5.77. The summed E-state index contributed by atoms with van der Waals surface area (Å²) in [5.74, 6) is 0.820. The molecule has 4 nitrogen and oxygen atoms in total. The monoisotopic (exact) mass is 375 g/mol. The fourth-order valence-electron chi connectivity index (χ4n) is 2.44. The van der Waals surface area contributed by atoms with E-state index >= 15 is 0 Å². The summed E-state index contributed by atoms with van der Waals surface area (Å²) in [4.78, 5) is 0. The third-order valence-corrected chi connectivity index (χ3v) is 3.98. The first-order valence-corrected chi connectivity index (χ1v) is 9.03. The van der Waals surface area contributed by atoms with Gasteiger partial charge in [0.1, 0.15) is 12.4 Å². The lowest BCUT2D eigenvalue weighted by Gasteiger charge is -2.07. The van der Waals surface area contributed by atoms with Crippen molar-refractivity contribution in [3.8, 4) is 5.75 Å². The van der Waals surface area contributed by atoms with Crippen LogP contribution in [0.1, 0.15) is 16.7 Å². The van der Waals surface area contributed by atoms with E-state index in [2.05, 4.69) is 15.8 Å². The highest BCUT2D eigenvalue weighted by atomic mass is 32.1. The lowest BCUT2D eigenvalue weighted by Crippen LogP contribution is -2.23. The van der Waals surface area contributed by atoms with Crippen LogP contribution >= 0.6 is 12.2 Å². The van der Waals surface area contributed by atoms with E-state index in [0.29, 0.717) is 11.7 Å². The van der Waals surface area contributed by atoms with Crippen LogP contribution in [0.15, 0.2) is 84.0 Å². The molecule has 0 aliphatic carbocycles. The molecule has 2 N–H and O–H groups in total. The minimum Gasteiger partial charge on any atom is -0.489 e. The Morgan fingerprint density at radius 1 is 1.00 bits per heavy atom. The molecule has 0 amide bonds. The second kappa shape index (κ2) is 9.50. The Balaban J connectivity index is 1.46. The summed E-state index contributed by atoms with van der Waals surface area (Å²) in [5, 5.41) is 7.70. The van der Waals surface area contributed by atoms with Crippen molar-refractivity contribution in [1.82, 2.24) is 5.43 Å². The summed E-state index contributed by atoms with van der Waals surface area (Å²) in [6.07, 6.45) is 1.71. The topological polar surface area (TPSA) is 45.7 Å². The van der Waals surface area contributed by atoms with E-state index in [1.165, 1.54) is 5.56 Å². The Labute approximate surface area is 164 Å². The minimum absolute atomic E-state index is 0.444. The van der Waals surface area contributed by atoms with E-state index in [9.17, 15) is 0 Å². The van der Waals surface area contributed by atoms with Crippen LogP contribution in [0, 0.1) is 6.92 Å². The van der Waals surface area contributed by atoms with Gasteiger partial charge in [0.05, 0.1) is 6.21 Å². The molecule has 3 aromatic rings. The molecule has 0 saturated carbocycles. The number of aryl methyl sites for hydroxylation is 1. The summed E-state index contributed by atoms with van der Waals surface area (Å²) in [5.41, 5.74) is 7.01. The second-order valence-corrected chi connectivity index (χ2v) is 6.45. The highest BCUT2D eigenvalue weighted by Gasteiger charge is 1.97. The van der Waals surface area contributed by atoms with Crippen molar-refractivity contribution in [1.29, 1.82) is 0 Å². The Hall–Kier alpha value is -3.18. The molecule has 0 saturated heterocycles. The first-order chi connectivity index (χ1) is 13.2. The number of hydrogen-bond acceptors (Lipinski definition) is 3. The van der Waals surface area contributed by atoms with Gasteiger partial charge in [-0.25, -0.2) is 0 Å². The van der Waals surface area contributed by atoms with Crippen LogP contribution in [-0.2, 0) is 6.61 Å². The molecule has 0 heterocycles. The number of ether oxygens (including phenoxy) is 1. The molecule has 0 bridgehead atoms. The van der Waals surface area contributed by atoms with Crippen molar-refractivity contribution in [2.45, 2.75) is 13.5 Å². The van der Waals surface area contributed by atoms with Crippen LogP contribution in [0.5, 0.6) is 5.75 Å². The van der Waals surface area contributed by atoms with Crippen LogP contribution < -0.4 is 15.5 Å². The number of hydrogen-bond donors (Lipinski definition) is 2. The van der Waals surface area contributed by atoms with Gasteiger partial charge in [0.2, 0.25) is 0 Å². The maximum Gasteiger partial charge on any atom is 0.191 e. The third-order valence-electron chi connectivity index (χ3n) is 3.78. The summed E-state index contributed by atoms with van der Waals surface area (Å²) in [6.45, 7) is 2.59. The lowest BCUT2D eigenvalue weighted by molar-refractivity contribution is 0.306. The van der Waals surface area contributed by atoms with E-state index in [1.807, 2.05) is 85.8 Å². The van der Waals surface area contributed by atoms with Crippen LogP contribution in [0.3, 0.4) is 0 Å². The third kappa shape index (κ3) is 6.24. The predicted molar refractivity (Wildman–Crippen MR) is 115 cm³/mol. The Kier molecular flexibility index (Phi) is 6.55. The average molecular weight is 375 g/mol. The average Bonchev–Trinajstić information content (AvgIpc) is 2.68. The molecule has 136 valence electrons. The zero-order valence-corrected chi connectivity index (χ0v) is 15.9. The first kappa shape index (κ1) is 18.6. The van der Waals surface area contributed by atoms with Gasteiger partial charge in [-0.2, -0.15) is 5.10 Å². The summed E-state index contributed by atoms with van der Waals surface area (Å²) < 4.78 is 5.77. The molecule has 5 heteroatoms. The van der Waals surface area contributed by atoms with Crippen molar-refractivity contribution < 1.29 is 4.74 Å². The normalized spacial score (nSPS) is 10.6. The fourth-order valence-corrected chi connectivity index (χ4v) is 2.61. The van der Waals surface area contributed by atoms with E-state index in [-0.39, 0.29) is 0 Å². The first-order valence-electron chi connectivity index (χ1n) is 8.62. The minimum atomic E-state index is 0.444. The summed E-state index contributed by atoms with van der Waals surface area (Å²) in [6, 6.07) is 25.8. The molecule has 3 aromatic carbocycles. The maximum absolute atomic E-state index is 5.77. The van der Waals surface area contributed by atoms with Crippen molar-refractivity contribution >= 4 is 29.2 Å². The van der Waals surface area contributed by atoms with Gasteiger partial charge >= 0.3 is 0 Å². The van der Waals surface area contributed by atoms with Crippen LogP contribution in [0.4, 0.5) is 5.69 Å². The molecule has 0 radical (unpaired) electrons. The van der Waals surface area contributed by atoms with Gasteiger partial charge in [-0.3, -0.25) is 5.43 Å². The molecule has 0 aliphatic heterocycles. The van der Waals surface area contributed by atoms with Gasteiger partial charge in [-0.1, -0.05) is 42.5 Å². The number of benzene rings is 3. The van der Waals surface area contributed by atoms with E-state index in [0.717, 1.165) is 22.6 Å². The van der Waals surface area contributed by atoms with Crippen molar-refractivity contribution in [3.05, 3.63) is 95.6 Å². The van der Waals surface area contributed by atoms with Gasteiger partial charge in [-0.15, -0.1) is 0 Å². The highest BCUT2D eigenvalue weighted by Crippen LogP contribution is 2.13. The Morgan fingerprint density at radius 2 is 1.78 bits per heavy atom. The molecule has 0 fully saturated rings. The van der Waals surface area contributed by atoms with Crippen molar-refractivity contribution in [3.63, 3.8) is 0 Å². The number of nitrogens with zero attached hydrogens (tertiary/aromatic N) is 1. The fraction of sp³-hybridized carbons (Fsp3) is 0.0909. The smallest absolute Gasteiger partial charge is 0.191 e. The van der Waals surface area contributed by atoms with Crippen LogP contribution in [0.25, 0.3) is 0 Å². The molecular formula is C22H21N3OS. The van der Waals surface area contributed by atoms with Gasteiger partial charge in [-0.05, 0) is 72.2 Å². The van der Waals surface area contributed by atoms with Gasteiger partial charge < -0.3 is 10.1 Å². The predicted octanol–water partition coefficient (Wildman–Crippen LogP) is 4.89. The Morgan fingerprint density at radius 3 is 2.52 bits per heavy atom. The zero-order chi connectivity index (χ0) is 18.9. The van der Waals surface area contributed by atoms with Gasteiger partial charge in [0.15, 0.2) is 5.11 Å². The molecule has 0 spiro atoms. The van der Waals surface area contributed by atoms with Crippen LogP contribution in [-0.4, -0.2) is 11.3 Å². The number of hydrazone groups is 1. The number of anilines is 1. The van der Waals surface area contributed by atoms with E-state index in [1.54, 1.807) is 6.21 Å². The second-order valence-electron chi connectivity index (χ2n) is 6.04. The molecule has 0 unspecified atom stereocenters. The molecular weight excluding hydrogens is 354 g/mol. The number of thiocarbonyl (C=S) groups is 1. The zero-order valence-electron chi connectivity index (χ0n) is 15.1. The number of nitrogens with one attached hydrogen (secondary N) is 2. The largest absolute Gasteiger partial charge is 0.489 e. The van der Waals surface area contributed by atoms with Crippen molar-refractivity contribution in [2.24, 2.45) is 5.10 Å². The van der Waals surface area contributed by atoms with E-state index in [4.69, 9.17) is 17.0 Å². The number of rotatable bonds is 6. The quantitative estimate of drug-likeness (QED) is 0.366. The summed E-state index contributed by atoms with van der Waals surface area (Å²) in [7, 11) is 0. The molecule has 0 aliphatic rings. The van der Waals surface area contributed by atoms with Crippen molar-refractivity contribution in [2.75, 3.05) is 5.32 Å². The SMILES string of the molecule is Cc1cccc(NC(=S)N/N=C\c2ccc(OCc3ccccc3)cc2)c1. The standard InChI is InChI=1S/C22H21N3OS/c1-17-6-5-9-20(14-17)24-22(27)25-23-15-18-10-12-21(13-11-18)26-16-19-7-3-2-4-8-19/h2-15H,16H2,1H3,(H2,24,25,27)/b23-15-.